The molecule has 0 N–H and O–H groups in total. The molecule has 1 spiro atoms. The van der Waals surface area contributed by atoms with Crippen LogP contribution in [0.1, 0.15) is 47.2 Å². The summed E-state index contributed by atoms with van der Waals surface area (Å²) in [5.74, 6) is 0. The lowest BCUT2D eigenvalue weighted by atomic mass is 9.65. The molecule has 0 bridgehead atoms. The first-order valence-corrected chi connectivity index (χ1v) is 24.6. The lowest BCUT2D eigenvalue weighted by Crippen LogP contribution is -2.29. The van der Waals surface area contributed by atoms with E-state index in [1.54, 1.807) is 0 Å². The molecule has 0 aliphatic heterocycles. The molecule has 1 heterocycles. The fraction of sp³-hybridized carbons (Fsp3) is 0.0588. The van der Waals surface area contributed by atoms with E-state index in [2.05, 4.69) is 243 Å². The summed E-state index contributed by atoms with van der Waals surface area (Å²) in [6, 6.07) is 84.8. The Morgan fingerprint density at radius 3 is 1.69 bits per heavy atom. The second-order valence-electron chi connectivity index (χ2n) is 20.3. The first kappa shape index (κ1) is 38.3. The lowest BCUT2D eigenvalue weighted by Gasteiger charge is -2.36. The molecule has 0 radical (unpaired) electrons. The molecule has 3 aliphatic rings. The molecule has 1 unspecified atom stereocenters. The van der Waals surface area contributed by atoms with Crippen LogP contribution in [0, 0.1) is 0 Å². The van der Waals surface area contributed by atoms with E-state index in [0.717, 1.165) is 39.0 Å². The number of benzene rings is 12. The normalized spacial score (nSPS) is 15.7. The number of para-hydroxylation sites is 1. The molecule has 0 saturated carbocycles. The zero-order valence-electron chi connectivity index (χ0n) is 38.7. The highest BCUT2D eigenvalue weighted by Crippen LogP contribution is 2.64. The van der Waals surface area contributed by atoms with Crippen LogP contribution in [-0.4, -0.2) is 0 Å². The molecule has 2 nitrogen and oxygen atoms in total. The third-order valence-corrected chi connectivity index (χ3v) is 16.6. The smallest absolute Gasteiger partial charge is 0.135 e. The van der Waals surface area contributed by atoms with E-state index in [0.29, 0.717) is 0 Å². The summed E-state index contributed by atoms with van der Waals surface area (Å²) >= 11 is 0. The van der Waals surface area contributed by atoms with Crippen molar-refractivity contribution in [2.24, 2.45) is 0 Å². The van der Waals surface area contributed by atoms with Gasteiger partial charge in [0.1, 0.15) is 11.2 Å². The number of hydrogen-bond donors (Lipinski definition) is 0. The molecule has 16 rings (SSSR count). The summed E-state index contributed by atoms with van der Waals surface area (Å²) in [4.78, 5) is 2.48. The van der Waals surface area contributed by atoms with E-state index < -0.39 is 5.41 Å². The van der Waals surface area contributed by atoms with E-state index in [4.69, 9.17) is 4.42 Å². The molecule has 2 heteroatoms. The summed E-state index contributed by atoms with van der Waals surface area (Å²) in [6.45, 7) is 4.75. The van der Waals surface area contributed by atoms with Crippen molar-refractivity contribution in [3.05, 3.63) is 258 Å². The zero-order chi connectivity index (χ0) is 46.0. The predicted molar refractivity (Wildman–Crippen MR) is 291 cm³/mol. The maximum Gasteiger partial charge on any atom is 0.135 e. The van der Waals surface area contributed by atoms with Gasteiger partial charge in [-0.25, -0.2) is 0 Å². The summed E-state index contributed by atoms with van der Waals surface area (Å²) in [5, 5.41) is 10.1. The monoisotopic (exact) mass is 889 g/mol. The summed E-state index contributed by atoms with van der Waals surface area (Å²) < 4.78 is 6.44. The van der Waals surface area contributed by atoms with Gasteiger partial charge in [-0.1, -0.05) is 184 Å². The highest BCUT2D eigenvalue weighted by molar-refractivity contribution is 6.27. The second-order valence-corrected chi connectivity index (χ2v) is 20.3. The summed E-state index contributed by atoms with van der Waals surface area (Å²) in [6.07, 6.45) is 0. The maximum atomic E-state index is 6.44. The minimum absolute atomic E-state index is 0.168. The molecule has 1 aromatic heterocycles. The van der Waals surface area contributed by atoms with Crippen LogP contribution in [0.3, 0.4) is 0 Å². The van der Waals surface area contributed by atoms with Crippen LogP contribution in [0.15, 0.2) is 229 Å². The van der Waals surface area contributed by atoms with Crippen molar-refractivity contribution in [2.45, 2.75) is 24.7 Å². The Kier molecular flexibility index (Phi) is 7.38. The summed E-state index contributed by atoms with van der Waals surface area (Å²) in [7, 11) is 0. The average molecular weight is 890 g/mol. The number of hydrogen-bond acceptors (Lipinski definition) is 2. The fourth-order valence-corrected chi connectivity index (χ4v) is 13.6. The first-order chi connectivity index (χ1) is 34.5. The third kappa shape index (κ3) is 4.78. The van der Waals surface area contributed by atoms with Gasteiger partial charge in [0.25, 0.3) is 0 Å². The van der Waals surface area contributed by atoms with E-state index in [1.807, 2.05) is 0 Å². The molecule has 326 valence electrons. The van der Waals surface area contributed by atoms with Gasteiger partial charge in [-0.3, -0.25) is 0 Å². The number of rotatable bonds is 3. The van der Waals surface area contributed by atoms with Crippen LogP contribution in [0.4, 0.5) is 17.1 Å². The molecule has 3 aliphatic carbocycles. The van der Waals surface area contributed by atoms with Gasteiger partial charge in [0, 0.05) is 33.2 Å². The molecule has 70 heavy (non-hydrogen) atoms. The van der Waals surface area contributed by atoms with Crippen molar-refractivity contribution >= 4 is 71.3 Å². The van der Waals surface area contributed by atoms with Crippen LogP contribution < -0.4 is 4.90 Å². The molecular formula is C68H43NO. The molecule has 0 saturated heterocycles. The molecule has 0 amide bonds. The van der Waals surface area contributed by atoms with Crippen molar-refractivity contribution in [1.82, 2.24) is 0 Å². The predicted octanol–water partition coefficient (Wildman–Crippen LogP) is 18.3. The lowest BCUT2D eigenvalue weighted by molar-refractivity contribution is 0.660. The van der Waals surface area contributed by atoms with Crippen molar-refractivity contribution in [2.75, 3.05) is 4.90 Å². The minimum atomic E-state index is -0.636. The molecular weight excluding hydrogens is 847 g/mol. The largest absolute Gasteiger partial charge is 0.456 e. The van der Waals surface area contributed by atoms with Crippen molar-refractivity contribution in [1.29, 1.82) is 0 Å². The highest BCUT2D eigenvalue weighted by Gasteiger charge is 2.50. The number of fused-ring (bicyclic) bond motifs is 19. The topological polar surface area (TPSA) is 16.4 Å². The van der Waals surface area contributed by atoms with E-state index in [1.165, 1.54) is 110 Å². The Labute approximate surface area is 405 Å². The number of furan rings is 1. The van der Waals surface area contributed by atoms with Gasteiger partial charge < -0.3 is 9.32 Å². The number of nitrogens with zero attached hydrogens (tertiary/aromatic N) is 1. The molecule has 12 aromatic carbocycles. The van der Waals surface area contributed by atoms with Crippen LogP contribution >= 0.6 is 0 Å². The number of anilines is 3. The van der Waals surface area contributed by atoms with Gasteiger partial charge in [-0.2, -0.15) is 0 Å². The van der Waals surface area contributed by atoms with E-state index in [-0.39, 0.29) is 5.41 Å². The van der Waals surface area contributed by atoms with Crippen LogP contribution in [0.25, 0.3) is 98.8 Å². The van der Waals surface area contributed by atoms with E-state index >= 15 is 0 Å². The first-order valence-electron chi connectivity index (χ1n) is 24.6. The van der Waals surface area contributed by atoms with Crippen LogP contribution in [-0.2, 0) is 10.8 Å². The fourth-order valence-electron chi connectivity index (χ4n) is 13.6. The van der Waals surface area contributed by atoms with Crippen molar-refractivity contribution < 1.29 is 4.42 Å². The van der Waals surface area contributed by atoms with Gasteiger partial charge in [0.15, 0.2) is 0 Å². The molecule has 0 fully saturated rings. The van der Waals surface area contributed by atoms with Gasteiger partial charge in [0.2, 0.25) is 0 Å². The summed E-state index contributed by atoms with van der Waals surface area (Å²) in [5.41, 5.74) is 22.5. The SMILES string of the molecule is CC1(C)c2ccccc2-c2ccc(N(c3ccc4c(c3)-c3ccccc3-c3ccccc3C43c4ccccc4-c4c3cc3ccc5cccc6ccc4c3c56)c3ccc4oc5ccccc5c4c3)cc21. The second kappa shape index (κ2) is 13.5. The van der Waals surface area contributed by atoms with Gasteiger partial charge in [0.05, 0.1) is 5.41 Å². The van der Waals surface area contributed by atoms with Crippen molar-refractivity contribution in [3.63, 3.8) is 0 Å². The Hall–Kier alpha value is -8.72. The Morgan fingerprint density at radius 2 is 0.871 bits per heavy atom. The molecule has 1 atom stereocenters. The Bertz CT molecular complexity index is 4400. The third-order valence-electron chi connectivity index (χ3n) is 16.6. The molecule has 13 aromatic rings. The van der Waals surface area contributed by atoms with Gasteiger partial charge in [-0.15, -0.1) is 0 Å². The zero-order valence-corrected chi connectivity index (χ0v) is 38.7. The Morgan fingerprint density at radius 1 is 0.314 bits per heavy atom. The quantitative estimate of drug-likeness (QED) is 0.164. The van der Waals surface area contributed by atoms with Gasteiger partial charge in [-0.05, 0) is 165 Å². The highest BCUT2D eigenvalue weighted by atomic mass is 16.3. The van der Waals surface area contributed by atoms with Crippen LogP contribution in [0.2, 0.25) is 0 Å². The standard InChI is InChI=1S/C68H43NO/c1-67(2)56-22-9-5-19-49(56)50-33-29-45(39-60(50)67)69(44-31-35-63-55(38-44)51-20-8-12-25-62(51)70-63)43-30-34-59-54(37-43)47-17-4-3-16-46(47)48-18-6-10-23-57(48)68(59)58-24-11-7-21-52(58)66-53-32-28-41-15-13-14-40-26-27-42(36-61(66)68)65(53)64(40)41/h3-39H,1-2H3. The van der Waals surface area contributed by atoms with E-state index in [9.17, 15) is 0 Å². The van der Waals surface area contributed by atoms with Gasteiger partial charge >= 0.3 is 0 Å². The van der Waals surface area contributed by atoms with Crippen LogP contribution in [0.5, 0.6) is 0 Å². The average Bonchev–Trinajstić information content (AvgIpc) is 3.98. The maximum absolute atomic E-state index is 6.44. The van der Waals surface area contributed by atoms with Crippen molar-refractivity contribution in [3.8, 4) is 44.5 Å². The minimum Gasteiger partial charge on any atom is -0.456 e. The Balaban J connectivity index is 1.01.